The molecule has 8 heteroatoms. The van der Waals surface area contributed by atoms with Crippen LogP contribution in [0, 0.1) is 5.92 Å². The van der Waals surface area contributed by atoms with Gasteiger partial charge in [-0.25, -0.2) is 0 Å². The maximum Gasteiger partial charge on any atom is 0.222 e. The molecule has 1 aliphatic rings. The number of amides is 1. The molecule has 1 unspecified atom stereocenters. The van der Waals surface area contributed by atoms with Crippen LogP contribution in [-0.4, -0.2) is 68.1 Å². The van der Waals surface area contributed by atoms with Crippen LogP contribution in [0.3, 0.4) is 0 Å². The average molecular weight is 269 g/mol. The van der Waals surface area contributed by atoms with Gasteiger partial charge in [0.15, 0.2) is 0 Å². The molecule has 0 aliphatic carbocycles. The second kappa shape index (κ2) is 8.71. The van der Waals surface area contributed by atoms with Gasteiger partial charge in [-0.05, 0) is 11.4 Å². The smallest absolute Gasteiger partial charge is 0.222 e. The summed E-state index contributed by atoms with van der Waals surface area (Å²) in [7, 11) is 0. The third kappa shape index (κ3) is 5.44. The lowest BCUT2D eigenvalue weighted by Gasteiger charge is -2.24. The quantitative estimate of drug-likeness (QED) is 0.328. The second-order valence-corrected chi connectivity index (χ2v) is 4.74. The first-order chi connectivity index (χ1) is 9.21. The Morgan fingerprint density at radius 2 is 2.05 bits per heavy atom. The molecule has 4 N–H and O–H groups in total. The van der Waals surface area contributed by atoms with Gasteiger partial charge in [0, 0.05) is 63.7 Å². The van der Waals surface area contributed by atoms with Gasteiger partial charge < -0.3 is 16.4 Å². The van der Waals surface area contributed by atoms with Gasteiger partial charge in [0.2, 0.25) is 5.91 Å². The Bertz CT molecular complexity index is 323. The summed E-state index contributed by atoms with van der Waals surface area (Å²) >= 11 is 0. The second-order valence-electron chi connectivity index (χ2n) is 4.74. The molecule has 1 fully saturated rings. The molecule has 0 saturated carbocycles. The zero-order valence-electron chi connectivity index (χ0n) is 11.2. The lowest BCUT2D eigenvalue weighted by Crippen LogP contribution is -2.40. The highest BCUT2D eigenvalue weighted by Gasteiger charge is 2.28. The first-order valence-corrected chi connectivity index (χ1v) is 6.62. The Labute approximate surface area is 113 Å². The van der Waals surface area contributed by atoms with E-state index < -0.39 is 0 Å². The van der Waals surface area contributed by atoms with Gasteiger partial charge in [-0.2, -0.15) is 0 Å². The van der Waals surface area contributed by atoms with Crippen LogP contribution in [0.25, 0.3) is 10.4 Å². The molecule has 1 aliphatic heterocycles. The van der Waals surface area contributed by atoms with Crippen LogP contribution in [0.15, 0.2) is 5.11 Å². The van der Waals surface area contributed by atoms with Crippen molar-refractivity contribution in [3.05, 3.63) is 10.4 Å². The molecule has 1 atom stereocenters. The van der Waals surface area contributed by atoms with Gasteiger partial charge in [-0.3, -0.25) is 9.69 Å². The SMILES string of the molecule is [N-]=[N+]=NCC1CC(=O)N(CCN(CCN)CCN)C1. The number of hydrogen-bond acceptors (Lipinski definition) is 5. The molecular formula is C11H23N7O. The van der Waals surface area contributed by atoms with Crippen molar-refractivity contribution >= 4 is 5.91 Å². The molecule has 108 valence electrons. The minimum atomic E-state index is 0.138. The first-order valence-electron chi connectivity index (χ1n) is 6.62. The van der Waals surface area contributed by atoms with E-state index >= 15 is 0 Å². The standard InChI is InChI=1S/C11H23N7O/c12-1-3-17(4-2-13)5-6-18-9-10(7-11(18)19)8-15-16-14/h10H,1-9,12-13H2. The summed E-state index contributed by atoms with van der Waals surface area (Å²) in [5.41, 5.74) is 19.4. The predicted octanol–water partition coefficient (Wildman–Crippen LogP) is -0.635. The number of nitrogens with two attached hydrogens (primary N) is 2. The van der Waals surface area contributed by atoms with Crippen molar-refractivity contribution in [2.75, 3.05) is 52.4 Å². The van der Waals surface area contributed by atoms with E-state index in [0.717, 1.165) is 19.6 Å². The molecule has 1 amide bonds. The Balaban J connectivity index is 2.35. The third-order valence-corrected chi connectivity index (χ3v) is 3.27. The summed E-state index contributed by atoms with van der Waals surface area (Å²) in [6.45, 7) is 5.31. The number of hydrogen-bond donors (Lipinski definition) is 2. The Kier molecular flexibility index (Phi) is 7.20. The van der Waals surface area contributed by atoms with E-state index in [9.17, 15) is 4.79 Å². The van der Waals surface area contributed by atoms with Gasteiger partial charge in [0.05, 0.1) is 0 Å². The molecule has 1 saturated heterocycles. The Hall–Kier alpha value is -1.34. The van der Waals surface area contributed by atoms with E-state index in [4.69, 9.17) is 17.0 Å². The Morgan fingerprint density at radius 3 is 2.63 bits per heavy atom. The van der Waals surface area contributed by atoms with Crippen molar-refractivity contribution in [2.45, 2.75) is 6.42 Å². The number of azide groups is 1. The molecule has 0 radical (unpaired) electrons. The number of carbonyl (C=O) groups excluding carboxylic acids is 1. The average Bonchev–Trinajstić information content (AvgIpc) is 2.75. The van der Waals surface area contributed by atoms with Crippen LogP contribution < -0.4 is 11.5 Å². The van der Waals surface area contributed by atoms with E-state index in [0.29, 0.717) is 39.1 Å². The van der Waals surface area contributed by atoms with Crippen molar-refractivity contribution in [2.24, 2.45) is 22.5 Å². The van der Waals surface area contributed by atoms with Crippen LogP contribution in [-0.2, 0) is 4.79 Å². The van der Waals surface area contributed by atoms with E-state index in [2.05, 4.69) is 14.9 Å². The fourth-order valence-corrected chi connectivity index (χ4v) is 2.31. The molecule has 0 bridgehead atoms. The molecule has 8 nitrogen and oxygen atoms in total. The highest BCUT2D eigenvalue weighted by molar-refractivity contribution is 5.78. The van der Waals surface area contributed by atoms with E-state index in [1.807, 2.05) is 4.90 Å². The molecule has 1 heterocycles. The predicted molar refractivity (Wildman–Crippen MR) is 73.2 cm³/mol. The largest absolute Gasteiger partial charge is 0.341 e. The molecule has 0 aromatic rings. The zero-order chi connectivity index (χ0) is 14.1. The first kappa shape index (κ1) is 15.7. The van der Waals surface area contributed by atoms with Crippen LogP contribution >= 0.6 is 0 Å². The van der Waals surface area contributed by atoms with Gasteiger partial charge in [-0.15, -0.1) is 0 Å². The van der Waals surface area contributed by atoms with Crippen molar-refractivity contribution in [3.63, 3.8) is 0 Å². The van der Waals surface area contributed by atoms with Gasteiger partial charge in [0.25, 0.3) is 0 Å². The van der Waals surface area contributed by atoms with Crippen molar-refractivity contribution in [1.29, 1.82) is 0 Å². The van der Waals surface area contributed by atoms with Crippen LogP contribution in [0.5, 0.6) is 0 Å². The monoisotopic (exact) mass is 269 g/mol. The number of rotatable bonds is 9. The zero-order valence-corrected chi connectivity index (χ0v) is 11.2. The number of nitrogens with zero attached hydrogens (tertiary/aromatic N) is 5. The summed E-state index contributed by atoms with van der Waals surface area (Å²) in [6, 6.07) is 0. The normalized spacial score (nSPS) is 19.0. The van der Waals surface area contributed by atoms with Gasteiger partial charge in [0.1, 0.15) is 0 Å². The topological polar surface area (TPSA) is 124 Å². The maximum atomic E-state index is 11.8. The van der Waals surface area contributed by atoms with Crippen molar-refractivity contribution in [3.8, 4) is 0 Å². The summed E-state index contributed by atoms with van der Waals surface area (Å²) in [4.78, 5) is 18.5. The van der Waals surface area contributed by atoms with Crippen LogP contribution in [0.1, 0.15) is 6.42 Å². The van der Waals surface area contributed by atoms with Crippen molar-refractivity contribution in [1.82, 2.24) is 9.80 Å². The lowest BCUT2D eigenvalue weighted by molar-refractivity contribution is -0.127. The van der Waals surface area contributed by atoms with Crippen molar-refractivity contribution < 1.29 is 4.79 Å². The number of carbonyl (C=O) groups is 1. The molecule has 0 aromatic heterocycles. The summed E-state index contributed by atoms with van der Waals surface area (Å²) < 4.78 is 0. The number of likely N-dealkylation sites (tertiary alicyclic amines) is 1. The lowest BCUT2D eigenvalue weighted by atomic mass is 10.1. The summed E-state index contributed by atoms with van der Waals surface area (Å²) in [5.74, 6) is 0.291. The highest BCUT2D eigenvalue weighted by Crippen LogP contribution is 2.17. The van der Waals surface area contributed by atoms with Crippen LogP contribution in [0.2, 0.25) is 0 Å². The fraction of sp³-hybridized carbons (Fsp3) is 0.909. The molecule has 1 rings (SSSR count). The highest BCUT2D eigenvalue weighted by atomic mass is 16.2. The Morgan fingerprint density at radius 1 is 1.37 bits per heavy atom. The molecule has 0 aromatic carbocycles. The minimum Gasteiger partial charge on any atom is -0.341 e. The fourth-order valence-electron chi connectivity index (χ4n) is 2.31. The van der Waals surface area contributed by atoms with Gasteiger partial charge in [-0.1, -0.05) is 5.11 Å². The van der Waals surface area contributed by atoms with E-state index in [-0.39, 0.29) is 11.8 Å². The minimum absolute atomic E-state index is 0.138. The van der Waals surface area contributed by atoms with E-state index in [1.54, 1.807) is 0 Å². The molecule has 19 heavy (non-hydrogen) atoms. The summed E-state index contributed by atoms with van der Waals surface area (Å²) in [6.07, 6.45) is 0.479. The van der Waals surface area contributed by atoms with Crippen LogP contribution in [0.4, 0.5) is 0 Å². The molecule has 0 spiro atoms. The third-order valence-electron chi connectivity index (χ3n) is 3.27. The summed E-state index contributed by atoms with van der Waals surface area (Å²) in [5, 5.41) is 3.53. The molecular weight excluding hydrogens is 246 g/mol. The van der Waals surface area contributed by atoms with E-state index in [1.165, 1.54) is 0 Å². The maximum absolute atomic E-state index is 11.8. The van der Waals surface area contributed by atoms with Gasteiger partial charge >= 0.3 is 0 Å².